The van der Waals surface area contributed by atoms with Gasteiger partial charge in [0.15, 0.2) is 11.5 Å². The zero-order chi connectivity index (χ0) is 25.6. The molecule has 3 aromatic heterocycles. The zero-order valence-corrected chi connectivity index (χ0v) is 21.4. The molecule has 1 saturated heterocycles. The molecular formula is C25H32N8O3. The largest absolute Gasteiger partial charge is 0.444 e. The van der Waals surface area contributed by atoms with Crippen LogP contribution in [0.15, 0.2) is 24.7 Å². The zero-order valence-electron chi connectivity index (χ0n) is 21.4. The lowest BCUT2D eigenvalue weighted by molar-refractivity contribution is 0.0240. The molecule has 0 aliphatic carbocycles. The first kappa shape index (κ1) is 23.8. The predicted octanol–water partition coefficient (Wildman–Crippen LogP) is 3.39. The van der Waals surface area contributed by atoms with Crippen LogP contribution >= 0.6 is 0 Å². The molecule has 0 bridgehead atoms. The molecule has 0 atom stereocenters. The fraction of sp³-hybridized carbons (Fsp3) is 0.480. The number of hydrogen-bond donors (Lipinski definition) is 1. The van der Waals surface area contributed by atoms with E-state index in [2.05, 4.69) is 25.2 Å². The maximum Gasteiger partial charge on any atom is 0.410 e. The van der Waals surface area contributed by atoms with Crippen LogP contribution in [0.5, 0.6) is 0 Å². The maximum atomic E-state index is 13.2. The van der Waals surface area contributed by atoms with Gasteiger partial charge in [0, 0.05) is 56.4 Å². The van der Waals surface area contributed by atoms with Gasteiger partial charge in [-0.15, -0.1) is 0 Å². The quantitative estimate of drug-likeness (QED) is 0.584. The van der Waals surface area contributed by atoms with Gasteiger partial charge >= 0.3 is 12.1 Å². The topological polar surface area (TPSA) is 108 Å². The molecule has 1 fully saturated rings. The molecule has 5 rings (SSSR count). The highest BCUT2D eigenvalue weighted by molar-refractivity contribution is 6.02. The van der Waals surface area contributed by atoms with Crippen molar-refractivity contribution >= 4 is 35.1 Å². The number of carbonyl (C=O) groups excluding carboxylic acids is 2. The van der Waals surface area contributed by atoms with Gasteiger partial charge in [0.05, 0.1) is 17.6 Å². The Morgan fingerprint density at radius 1 is 1.03 bits per heavy atom. The lowest BCUT2D eigenvalue weighted by Crippen LogP contribution is -2.50. The van der Waals surface area contributed by atoms with E-state index in [0.717, 1.165) is 28.3 Å². The van der Waals surface area contributed by atoms with Crippen LogP contribution in [0.1, 0.15) is 37.7 Å². The first-order valence-corrected chi connectivity index (χ1v) is 12.2. The predicted molar refractivity (Wildman–Crippen MR) is 137 cm³/mol. The van der Waals surface area contributed by atoms with Crippen molar-refractivity contribution in [1.82, 2.24) is 24.3 Å². The van der Waals surface area contributed by atoms with Gasteiger partial charge < -0.3 is 18.9 Å². The number of nitrogens with one attached hydrogen (secondary N) is 1. The summed E-state index contributed by atoms with van der Waals surface area (Å²) in [6.07, 6.45) is 5.84. The molecule has 1 N–H and O–H groups in total. The summed E-state index contributed by atoms with van der Waals surface area (Å²) in [4.78, 5) is 44.8. The second-order valence-electron chi connectivity index (χ2n) is 10.2. The molecule has 2 aliphatic heterocycles. The van der Waals surface area contributed by atoms with Gasteiger partial charge in [0.25, 0.3) is 0 Å². The number of imidazole rings is 1. The average Bonchev–Trinajstić information content (AvgIpc) is 3.41. The number of nitrogens with zero attached hydrogens (tertiary/aromatic N) is 7. The summed E-state index contributed by atoms with van der Waals surface area (Å²) in [5.74, 6) is 1.13. The molecule has 190 valence electrons. The molecule has 5 heterocycles. The summed E-state index contributed by atoms with van der Waals surface area (Å²) >= 11 is 0. The lowest BCUT2D eigenvalue weighted by atomic mass is 10.1. The van der Waals surface area contributed by atoms with Gasteiger partial charge in [-0.3, -0.25) is 10.2 Å². The minimum absolute atomic E-state index is 0.267. The van der Waals surface area contributed by atoms with Gasteiger partial charge in [-0.2, -0.15) is 0 Å². The summed E-state index contributed by atoms with van der Waals surface area (Å²) < 4.78 is 7.38. The lowest BCUT2D eigenvalue weighted by Gasteiger charge is -2.37. The van der Waals surface area contributed by atoms with E-state index in [4.69, 9.17) is 4.74 Å². The summed E-state index contributed by atoms with van der Waals surface area (Å²) in [6.45, 7) is 12.5. The number of piperazine rings is 1. The number of carbonyl (C=O) groups is 2. The molecule has 3 aromatic rings. The van der Waals surface area contributed by atoms with Gasteiger partial charge in [-0.25, -0.2) is 24.5 Å². The third-order valence-corrected chi connectivity index (χ3v) is 6.33. The van der Waals surface area contributed by atoms with Crippen molar-refractivity contribution in [3.05, 3.63) is 41.6 Å². The van der Waals surface area contributed by atoms with Crippen molar-refractivity contribution in [1.29, 1.82) is 0 Å². The normalized spacial score (nSPS) is 15.9. The Morgan fingerprint density at radius 2 is 1.78 bits per heavy atom. The molecule has 36 heavy (non-hydrogen) atoms. The van der Waals surface area contributed by atoms with Crippen molar-refractivity contribution in [2.24, 2.45) is 0 Å². The van der Waals surface area contributed by atoms with Gasteiger partial charge in [-0.05, 0) is 47.1 Å². The molecule has 0 spiro atoms. The molecule has 0 saturated carbocycles. The van der Waals surface area contributed by atoms with E-state index in [1.807, 2.05) is 51.3 Å². The van der Waals surface area contributed by atoms with E-state index in [9.17, 15) is 9.59 Å². The Hall–Kier alpha value is -3.89. The number of hydrogen-bond acceptors (Lipinski definition) is 7. The molecule has 0 aromatic carbocycles. The minimum Gasteiger partial charge on any atom is -0.444 e. The Bertz CT molecular complexity index is 1320. The maximum absolute atomic E-state index is 13.2. The SMILES string of the molecule is Cc1cn2cc(NC(=O)N3CCc4c(N5CCN(C(=O)OC(C)(C)C)CC5)ccnc43)nc(C)c2n1. The van der Waals surface area contributed by atoms with E-state index in [0.29, 0.717) is 50.8 Å². The molecule has 0 unspecified atom stereocenters. The third-order valence-electron chi connectivity index (χ3n) is 6.33. The summed E-state index contributed by atoms with van der Waals surface area (Å²) in [6, 6.07) is 1.72. The second-order valence-corrected chi connectivity index (χ2v) is 10.2. The standard InChI is InChI=1S/C25H32N8O3/c1-16-14-32-15-20(28-17(2)21(32)27-16)29-23(34)33-9-7-18-19(6-8-26-22(18)33)30-10-12-31(13-11-30)24(35)36-25(3,4)5/h6,8,14-15H,7,9-13H2,1-5H3,(H,29,34). The monoisotopic (exact) mass is 492 g/mol. The summed E-state index contributed by atoms with van der Waals surface area (Å²) in [7, 11) is 0. The van der Waals surface area contributed by atoms with Gasteiger partial charge in [-0.1, -0.05) is 0 Å². The van der Waals surface area contributed by atoms with Crippen molar-refractivity contribution < 1.29 is 14.3 Å². The van der Waals surface area contributed by atoms with Gasteiger partial charge in [0.2, 0.25) is 0 Å². The van der Waals surface area contributed by atoms with Crippen LogP contribution in [0.2, 0.25) is 0 Å². The molecule has 11 nitrogen and oxygen atoms in total. The third kappa shape index (κ3) is 4.65. The van der Waals surface area contributed by atoms with Crippen molar-refractivity contribution in [3.8, 4) is 0 Å². The molecular weight excluding hydrogens is 460 g/mol. The number of fused-ring (bicyclic) bond motifs is 2. The van der Waals surface area contributed by atoms with E-state index in [-0.39, 0.29) is 12.1 Å². The Balaban J connectivity index is 1.28. The molecule has 0 radical (unpaired) electrons. The van der Waals surface area contributed by atoms with E-state index in [1.54, 1.807) is 22.2 Å². The highest BCUT2D eigenvalue weighted by Crippen LogP contribution is 2.34. The number of pyridine rings is 1. The number of aryl methyl sites for hydroxylation is 2. The minimum atomic E-state index is -0.512. The number of urea groups is 1. The fourth-order valence-electron chi connectivity index (χ4n) is 4.73. The van der Waals surface area contributed by atoms with Crippen molar-refractivity contribution in [3.63, 3.8) is 0 Å². The summed E-state index contributed by atoms with van der Waals surface area (Å²) in [5, 5.41) is 2.92. The van der Waals surface area contributed by atoms with Crippen LogP contribution in [-0.2, 0) is 11.2 Å². The highest BCUT2D eigenvalue weighted by Gasteiger charge is 2.32. The second kappa shape index (κ2) is 8.96. The first-order valence-electron chi connectivity index (χ1n) is 12.2. The Morgan fingerprint density at radius 3 is 2.50 bits per heavy atom. The van der Waals surface area contributed by atoms with Crippen LogP contribution in [-0.4, -0.2) is 74.7 Å². The number of anilines is 3. The number of ether oxygens (including phenoxy) is 1. The van der Waals surface area contributed by atoms with Crippen LogP contribution in [0.4, 0.5) is 26.9 Å². The van der Waals surface area contributed by atoms with Crippen LogP contribution in [0.25, 0.3) is 5.65 Å². The van der Waals surface area contributed by atoms with Crippen LogP contribution in [0, 0.1) is 13.8 Å². The van der Waals surface area contributed by atoms with E-state index >= 15 is 0 Å². The molecule has 2 aliphatic rings. The number of aromatic nitrogens is 4. The smallest absolute Gasteiger partial charge is 0.410 e. The highest BCUT2D eigenvalue weighted by atomic mass is 16.6. The number of amides is 3. The van der Waals surface area contributed by atoms with Crippen molar-refractivity contribution in [2.75, 3.05) is 47.8 Å². The Kier molecular flexibility index (Phi) is 5.93. The van der Waals surface area contributed by atoms with E-state index in [1.165, 1.54) is 0 Å². The molecule has 11 heteroatoms. The van der Waals surface area contributed by atoms with Crippen molar-refractivity contribution in [2.45, 2.75) is 46.6 Å². The first-order chi connectivity index (χ1) is 17.1. The van der Waals surface area contributed by atoms with Gasteiger partial charge in [0.1, 0.15) is 11.4 Å². The van der Waals surface area contributed by atoms with E-state index < -0.39 is 5.60 Å². The Labute approximate surface area is 210 Å². The fourth-order valence-corrected chi connectivity index (χ4v) is 4.73. The van der Waals surface area contributed by atoms with Crippen LogP contribution in [0.3, 0.4) is 0 Å². The average molecular weight is 493 g/mol. The van der Waals surface area contributed by atoms with Crippen LogP contribution < -0.4 is 15.1 Å². The summed E-state index contributed by atoms with van der Waals surface area (Å²) in [5.41, 5.74) is 4.00. The number of rotatable bonds is 2. The molecule has 3 amide bonds.